The summed E-state index contributed by atoms with van der Waals surface area (Å²) in [4.78, 5) is 13.6. The lowest BCUT2D eigenvalue weighted by Crippen LogP contribution is -2.42. The van der Waals surface area contributed by atoms with Gasteiger partial charge in [0, 0.05) is 18.6 Å². The fourth-order valence-corrected chi connectivity index (χ4v) is 2.12. The molecule has 88 valence electrons. The molecule has 1 fully saturated rings. The molecule has 1 aliphatic heterocycles. The zero-order valence-corrected chi connectivity index (χ0v) is 10.4. The van der Waals surface area contributed by atoms with Crippen LogP contribution in [0, 0.1) is 0 Å². The van der Waals surface area contributed by atoms with Gasteiger partial charge in [0.1, 0.15) is 5.78 Å². The van der Waals surface area contributed by atoms with E-state index in [2.05, 4.69) is 31.1 Å². The lowest BCUT2D eigenvalue weighted by atomic mass is 10.1. The van der Waals surface area contributed by atoms with Gasteiger partial charge in [-0.15, -0.1) is 0 Å². The quantitative estimate of drug-likeness (QED) is 0.748. The molecule has 0 radical (unpaired) electrons. The van der Waals surface area contributed by atoms with Gasteiger partial charge in [0.15, 0.2) is 0 Å². The van der Waals surface area contributed by atoms with E-state index in [1.54, 1.807) is 6.92 Å². The molecule has 0 aromatic rings. The molecule has 0 amide bonds. The molecular weight excluding hydrogens is 188 g/mol. The van der Waals surface area contributed by atoms with Crippen LogP contribution in [-0.4, -0.2) is 42.4 Å². The molecule has 1 rings (SSSR count). The summed E-state index contributed by atoms with van der Waals surface area (Å²) in [5, 5.41) is 3.41. The van der Waals surface area contributed by atoms with E-state index in [0.29, 0.717) is 12.1 Å². The van der Waals surface area contributed by atoms with Crippen LogP contribution in [0.25, 0.3) is 0 Å². The van der Waals surface area contributed by atoms with Gasteiger partial charge in [-0.3, -0.25) is 4.79 Å². The van der Waals surface area contributed by atoms with E-state index in [1.807, 2.05) is 0 Å². The van der Waals surface area contributed by atoms with Crippen molar-refractivity contribution in [2.75, 3.05) is 13.6 Å². The predicted octanol–water partition coefficient (Wildman–Crippen LogP) is 1.43. The Balaban J connectivity index is 2.32. The number of nitrogens with zero attached hydrogens (tertiary/aromatic N) is 1. The Morgan fingerprint density at radius 3 is 2.67 bits per heavy atom. The Morgan fingerprint density at radius 2 is 2.20 bits per heavy atom. The highest BCUT2D eigenvalue weighted by atomic mass is 16.1. The van der Waals surface area contributed by atoms with Gasteiger partial charge in [-0.25, -0.2) is 0 Å². The first-order chi connectivity index (χ1) is 7.04. The predicted molar refractivity (Wildman–Crippen MR) is 63.0 cm³/mol. The Kier molecular flexibility index (Phi) is 4.74. The van der Waals surface area contributed by atoms with Gasteiger partial charge in [0.2, 0.25) is 0 Å². The molecule has 1 heterocycles. The van der Waals surface area contributed by atoms with Crippen molar-refractivity contribution in [2.45, 2.75) is 58.2 Å². The van der Waals surface area contributed by atoms with E-state index >= 15 is 0 Å². The van der Waals surface area contributed by atoms with Crippen LogP contribution in [0.4, 0.5) is 0 Å². The molecule has 3 atom stereocenters. The second kappa shape index (κ2) is 5.61. The number of Topliss-reactive ketones (excluding diaryl/α,β-unsaturated/α-hetero) is 1. The van der Waals surface area contributed by atoms with Crippen LogP contribution in [0.2, 0.25) is 0 Å². The number of rotatable bonds is 5. The van der Waals surface area contributed by atoms with Crippen molar-refractivity contribution >= 4 is 5.78 Å². The number of ketones is 1. The van der Waals surface area contributed by atoms with Crippen molar-refractivity contribution in [2.24, 2.45) is 0 Å². The molecular formula is C12H24N2O. The van der Waals surface area contributed by atoms with E-state index in [9.17, 15) is 4.79 Å². The second-order valence-electron chi connectivity index (χ2n) is 4.80. The van der Waals surface area contributed by atoms with E-state index in [1.165, 1.54) is 6.42 Å². The molecule has 3 heteroatoms. The number of nitrogens with one attached hydrogen (secondary N) is 1. The second-order valence-corrected chi connectivity index (χ2v) is 4.80. The third-order valence-corrected chi connectivity index (χ3v) is 3.58. The van der Waals surface area contributed by atoms with Gasteiger partial charge in [-0.1, -0.05) is 6.92 Å². The van der Waals surface area contributed by atoms with E-state index < -0.39 is 0 Å². The molecule has 0 aliphatic carbocycles. The van der Waals surface area contributed by atoms with Gasteiger partial charge in [0.25, 0.3) is 0 Å². The SMILES string of the molecule is CCC(C)N(C)CC1CCC(C(C)=O)N1. The Morgan fingerprint density at radius 1 is 1.53 bits per heavy atom. The van der Waals surface area contributed by atoms with Crippen LogP contribution in [0.15, 0.2) is 0 Å². The minimum absolute atomic E-state index is 0.111. The molecule has 0 saturated carbocycles. The normalized spacial score (nSPS) is 28.3. The van der Waals surface area contributed by atoms with Crippen LogP contribution in [0.1, 0.15) is 40.0 Å². The molecule has 0 aromatic heterocycles. The van der Waals surface area contributed by atoms with Gasteiger partial charge in [-0.2, -0.15) is 0 Å². The van der Waals surface area contributed by atoms with Crippen molar-refractivity contribution < 1.29 is 4.79 Å². The maximum Gasteiger partial charge on any atom is 0.146 e. The fraction of sp³-hybridized carbons (Fsp3) is 0.917. The van der Waals surface area contributed by atoms with E-state index in [0.717, 1.165) is 19.4 Å². The zero-order valence-electron chi connectivity index (χ0n) is 10.4. The molecule has 1 aliphatic rings. The minimum atomic E-state index is 0.111. The highest BCUT2D eigenvalue weighted by Gasteiger charge is 2.27. The topological polar surface area (TPSA) is 32.3 Å². The summed E-state index contributed by atoms with van der Waals surface area (Å²) in [5.41, 5.74) is 0. The first-order valence-electron chi connectivity index (χ1n) is 6.01. The summed E-state index contributed by atoms with van der Waals surface area (Å²) in [7, 11) is 2.16. The molecule has 3 unspecified atom stereocenters. The van der Waals surface area contributed by atoms with Crippen LogP contribution in [0.3, 0.4) is 0 Å². The maximum absolute atomic E-state index is 11.2. The summed E-state index contributed by atoms with van der Waals surface area (Å²) >= 11 is 0. The average molecular weight is 212 g/mol. The molecule has 3 nitrogen and oxygen atoms in total. The Hall–Kier alpha value is -0.410. The molecule has 0 spiro atoms. The van der Waals surface area contributed by atoms with Crippen LogP contribution in [0.5, 0.6) is 0 Å². The summed E-state index contributed by atoms with van der Waals surface area (Å²) in [5.74, 6) is 0.281. The Labute approximate surface area is 93.2 Å². The maximum atomic E-state index is 11.2. The molecule has 1 saturated heterocycles. The number of carbonyl (C=O) groups excluding carboxylic acids is 1. The Bertz CT molecular complexity index is 218. The molecule has 0 aromatic carbocycles. The fourth-order valence-electron chi connectivity index (χ4n) is 2.12. The number of hydrogen-bond donors (Lipinski definition) is 1. The van der Waals surface area contributed by atoms with Crippen LogP contribution < -0.4 is 5.32 Å². The largest absolute Gasteiger partial charge is 0.303 e. The minimum Gasteiger partial charge on any atom is -0.303 e. The first kappa shape index (κ1) is 12.7. The van der Waals surface area contributed by atoms with E-state index in [-0.39, 0.29) is 11.8 Å². The van der Waals surface area contributed by atoms with Crippen molar-refractivity contribution in [3.8, 4) is 0 Å². The third kappa shape index (κ3) is 3.58. The lowest BCUT2D eigenvalue weighted by molar-refractivity contribution is -0.118. The van der Waals surface area contributed by atoms with Gasteiger partial charge in [-0.05, 0) is 40.2 Å². The number of hydrogen-bond acceptors (Lipinski definition) is 3. The molecule has 1 N–H and O–H groups in total. The summed E-state index contributed by atoms with van der Waals surface area (Å²) in [6.45, 7) is 7.19. The van der Waals surface area contributed by atoms with Crippen molar-refractivity contribution in [1.29, 1.82) is 0 Å². The average Bonchev–Trinajstić information content (AvgIpc) is 2.65. The van der Waals surface area contributed by atoms with Crippen molar-refractivity contribution in [3.63, 3.8) is 0 Å². The van der Waals surface area contributed by atoms with Gasteiger partial charge >= 0.3 is 0 Å². The highest BCUT2D eigenvalue weighted by Crippen LogP contribution is 2.15. The summed E-state index contributed by atoms with van der Waals surface area (Å²) in [6.07, 6.45) is 3.32. The van der Waals surface area contributed by atoms with Gasteiger partial charge in [0.05, 0.1) is 6.04 Å². The number of carbonyl (C=O) groups is 1. The third-order valence-electron chi connectivity index (χ3n) is 3.58. The van der Waals surface area contributed by atoms with Crippen LogP contribution >= 0.6 is 0 Å². The van der Waals surface area contributed by atoms with Crippen molar-refractivity contribution in [3.05, 3.63) is 0 Å². The highest BCUT2D eigenvalue weighted by molar-refractivity contribution is 5.81. The van der Waals surface area contributed by atoms with Gasteiger partial charge < -0.3 is 10.2 Å². The zero-order chi connectivity index (χ0) is 11.4. The lowest BCUT2D eigenvalue weighted by Gasteiger charge is -2.26. The molecule has 15 heavy (non-hydrogen) atoms. The summed E-state index contributed by atoms with van der Waals surface area (Å²) in [6, 6.07) is 1.24. The first-order valence-corrected chi connectivity index (χ1v) is 6.01. The molecule has 0 bridgehead atoms. The number of likely N-dealkylation sites (N-methyl/N-ethyl adjacent to an activating group) is 1. The smallest absolute Gasteiger partial charge is 0.146 e. The van der Waals surface area contributed by atoms with E-state index in [4.69, 9.17) is 0 Å². The summed E-state index contributed by atoms with van der Waals surface area (Å²) < 4.78 is 0. The van der Waals surface area contributed by atoms with Crippen molar-refractivity contribution in [1.82, 2.24) is 10.2 Å². The standard InChI is InChI=1S/C12H24N2O/c1-5-9(2)14(4)8-11-6-7-12(13-11)10(3)15/h9,11-13H,5-8H2,1-4H3. The monoisotopic (exact) mass is 212 g/mol. The van der Waals surface area contributed by atoms with Crippen LogP contribution in [-0.2, 0) is 4.79 Å².